The predicted octanol–water partition coefficient (Wildman–Crippen LogP) is 1.93. The van der Waals surface area contributed by atoms with Gasteiger partial charge < -0.3 is 15.5 Å². The Morgan fingerprint density at radius 2 is 1.75 bits per heavy atom. The zero-order chi connectivity index (χ0) is 15.8. The fourth-order valence-corrected chi connectivity index (χ4v) is 4.34. The van der Waals surface area contributed by atoms with Crippen LogP contribution in [-0.2, 0) is 14.4 Å². The predicted molar refractivity (Wildman–Crippen MR) is 84.0 cm³/mol. The minimum absolute atomic E-state index is 0.00264. The van der Waals surface area contributed by atoms with E-state index < -0.39 is 16.8 Å². The summed E-state index contributed by atoms with van der Waals surface area (Å²) in [6.45, 7) is 3.05. The average Bonchev–Trinajstić information content (AvgIpc) is 2.24. The zero-order valence-corrected chi connectivity index (χ0v) is 13.6. The van der Waals surface area contributed by atoms with Gasteiger partial charge in [0, 0.05) is 19.1 Å². The summed E-state index contributed by atoms with van der Waals surface area (Å²) < 4.78 is 0.480. The van der Waals surface area contributed by atoms with Crippen molar-refractivity contribution in [2.75, 3.05) is 5.75 Å². The molecule has 1 unspecified atom stereocenters. The van der Waals surface area contributed by atoms with E-state index in [-0.39, 0.29) is 25.2 Å². The maximum atomic E-state index is 11.2. The second kappa shape index (κ2) is 9.19. The first-order valence-corrected chi connectivity index (χ1v) is 7.94. The van der Waals surface area contributed by atoms with Gasteiger partial charge in [-0.25, -0.2) is 0 Å². The van der Waals surface area contributed by atoms with Gasteiger partial charge in [-0.05, 0) is 13.3 Å². The molecule has 0 saturated carbocycles. The Morgan fingerprint density at radius 1 is 1.20 bits per heavy atom. The van der Waals surface area contributed by atoms with Crippen molar-refractivity contribution < 1.29 is 24.6 Å². The Labute approximate surface area is 131 Å². The van der Waals surface area contributed by atoms with Crippen molar-refractivity contribution in [3.8, 4) is 0 Å². The van der Waals surface area contributed by atoms with Crippen molar-refractivity contribution in [2.45, 2.75) is 38.0 Å². The number of carboxylic acids is 2. The number of thiocarbonyl (C=S) groups is 1. The van der Waals surface area contributed by atoms with Gasteiger partial charge in [-0.3, -0.25) is 14.4 Å². The molecule has 0 aromatic carbocycles. The van der Waals surface area contributed by atoms with Crippen LogP contribution in [0.1, 0.15) is 33.1 Å². The van der Waals surface area contributed by atoms with Crippen molar-refractivity contribution in [1.29, 1.82) is 0 Å². The standard InChI is InChI=1S/C11H17NO5S3/c1-7(13)12-11(2,5-3-8(14)15)20-10(18)19-6-4-9(16)17/h3-6H2,1-2H3,(H,12,13)(H,14,15)(H,16,17). The van der Waals surface area contributed by atoms with Gasteiger partial charge in [0.15, 0.2) is 0 Å². The molecule has 1 atom stereocenters. The van der Waals surface area contributed by atoms with E-state index in [1.165, 1.54) is 30.4 Å². The van der Waals surface area contributed by atoms with Gasteiger partial charge in [-0.15, -0.1) is 11.8 Å². The summed E-state index contributed by atoms with van der Waals surface area (Å²) >= 11 is 7.50. The number of nitrogens with one attached hydrogen (secondary N) is 1. The van der Waals surface area contributed by atoms with Gasteiger partial charge in [-0.2, -0.15) is 0 Å². The number of rotatable bonds is 8. The molecule has 0 rings (SSSR count). The number of thioether (sulfide) groups is 2. The Hall–Kier alpha value is -0.800. The lowest BCUT2D eigenvalue weighted by molar-refractivity contribution is -0.138. The molecular weight excluding hydrogens is 322 g/mol. The SMILES string of the molecule is CC(=O)NC(C)(CCC(=O)O)SC(=S)SCCC(=O)O. The normalized spacial score (nSPS) is 13.3. The topological polar surface area (TPSA) is 104 Å². The molecule has 3 N–H and O–H groups in total. The summed E-state index contributed by atoms with van der Waals surface area (Å²) in [6, 6.07) is 0. The molecule has 114 valence electrons. The van der Waals surface area contributed by atoms with Gasteiger partial charge >= 0.3 is 11.9 Å². The highest BCUT2D eigenvalue weighted by atomic mass is 32.2. The molecule has 0 bridgehead atoms. The Bertz CT molecular complexity index is 402. The molecule has 0 spiro atoms. The van der Waals surface area contributed by atoms with E-state index in [2.05, 4.69) is 5.32 Å². The van der Waals surface area contributed by atoms with Crippen molar-refractivity contribution >= 4 is 57.1 Å². The summed E-state index contributed by atoms with van der Waals surface area (Å²) in [7, 11) is 0. The Kier molecular flexibility index (Phi) is 8.83. The first-order valence-electron chi connectivity index (χ1n) is 5.73. The molecule has 0 aliphatic carbocycles. The van der Waals surface area contributed by atoms with E-state index >= 15 is 0 Å². The summed E-state index contributed by atoms with van der Waals surface area (Å²) in [4.78, 5) is 31.4. The summed E-state index contributed by atoms with van der Waals surface area (Å²) in [5.74, 6) is -1.79. The largest absolute Gasteiger partial charge is 0.481 e. The van der Waals surface area contributed by atoms with E-state index in [9.17, 15) is 14.4 Å². The molecule has 0 aromatic rings. The number of carbonyl (C=O) groups excluding carboxylic acids is 1. The molecule has 0 aromatic heterocycles. The van der Waals surface area contributed by atoms with Crippen molar-refractivity contribution in [1.82, 2.24) is 5.32 Å². The van der Waals surface area contributed by atoms with Crippen LogP contribution in [0.15, 0.2) is 0 Å². The maximum Gasteiger partial charge on any atom is 0.304 e. The molecule has 0 aliphatic rings. The van der Waals surface area contributed by atoms with E-state index in [4.69, 9.17) is 22.4 Å². The lowest BCUT2D eigenvalue weighted by Gasteiger charge is -2.29. The van der Waals surface area contributed by atoms with Crippen molar-refractivity contribution in [3.63, 3.8) is 0 Å². The molecule has 20 heavy (non-hydrogen) atoms. The van der Waals surface area contributed by atoms with Crippen LogP contribution in [0.2, 0.25) is 0 Å². The van der Waals surface area contributed by atoms with Crippen LogP contribution in [0.3, 0.4) is 0 Å². The van der Waals surface area contributed by atoms with Crippen LogP contribution in [-0.4, -0.2) is 42.2 Å². The van der Waals surface area contributed by atoms with Gasteiger partial charge in [0.2, 0.25) is 5.91 Å². The van der Waals surface area contributed by atoms with Gasteiger partial charge in [0.25, 0.3) is 0 Å². The highest BCUT2D eigenvalue weighted by Gasteiger charge is 2.28. The Balaban J connectivity index is 4.46. The monoisotopic (exact) mass is 339 g/mol. The molecule has 0 heterocycles. The summed E-state index contributed by atoms with van der Waals surface area (Å²) in [5.41, 5.74) is 0. The summed E-state index contributed by atoms with van der Waals surface area (Å²) in [5, 5.41) is 19.9. The van der Waals surface area contributed by atoms with E-state index in [0.717, 1.165) is 0 Å². The maximum absolute atomic E-state index is 11.2. The fourth-order valence-electron chi connectivity index (χ4n) is 1.29. The highest BCUT2D eigenvalue weighted by molar-refractivity contribution is 8.47. The second-order valence-electron chi connectivity index (χ2n) is 4.15. The van der Waals surface area contributed by atoms with E-state index in [1.807, 2.05) is 0 Å². The van der Waals surface area contributed by atoms with E-state index in [0.29, 0.717) is 9.28 Å². The van der Waals surface area contributed by atoms with Gasteiger partial charge in [0.1, 0.15) is 3.53 Å². The molecule has 9 heteroatoms. The van der Waals surface area contributed by atoms with E-state index in [1.54, 1.807) is 6.92 Å². The number of hydrogen-bond acceptors (Lipinski definition) is 6. The van der Waals surface area contributed by atoms with Crippen LogP contribution in [0.25, 0.3) is 0 Å². The number of carboxylic acid groups (broad SMARTS) is 2. The van der Waals surface area contributed by atoms with Crippen molar-refractivity contribution in [2.24, 2.45) is 0 Å². The third kappa shape index (κ3) is 10.0. The number of amides is 1. The minimum atomic E-state index is -0.952. The molecule has 1 amide bonds. The lowest BCUT2D eigenvalue weighted by atomic mass is 10.2. The third-order valence-corrected chi connectivity index (χ3v) is 4.88. The van der Waals surface area contributed by atoms with Gasteiger partial charge in [0.05, 0.1) is 11.3 Å². The minimum Gasteiger partial charge on any atom is -0.481 e. The molecule has 6 nitrogen and oxygen atoms in total. The average molecular weight is 339 g/mol. The third-order valence-electron chi connectivity index (χ3n) is 2.10. The number of hydrogen-bond donors (Lipinski definition) is 3. The van der Waals surface area contributed by atoms with Crippen LogP contribution >= 0.6 is 35.7 Å². The van der Waals surface area contributed by atoms with Crippen LogP contribution in [0.5, 0.6) is 0 Å². The molecular formula is C11H17NO5S3. The molecule has 0 saturated heterocycles. The second-order valence-corrected chi connectivity index (χ2v) is 7.95. The summed E-state index contributed by atoms with van der Waals surface area (Å²) in [6.07, 6.45) is 0.135. The van der Waals surface area contributed by atoms with Gasteiger partial charge in [-0.1, -0.05) is 24.0 Å². The smallest absolute Gasteiger partial charge is 0.304 e. The molecule has 0 radical (unpaired) electrons. The quantitative estimate of drug-likeness (QED) is 0.455. The van der Waals surface area contributed by atoms with Crippen LogP contribution in [0.4, 0.5) is 0 Å². The fraction of sp³-hybridized carbons (Fsp3) is 0.636. The zero-order valence-electron chi connectivity index (χ0n) is 11.2. The van der Waals surface area contributed by atoms with Crippen LogP contribution < -0.4 is 5.32 Å². The first-order chi connectivity index (χ1) is 9.14. The number of aliphatic carboxylic acids is 2. The van der Waals surface area contributed by atoms with Crippen LogP contribution in [0, 0.1) is 0 Å². The Morgan fingerprint density at radius 3 is 2.20 bits per heavy atom. The van der Waals surface area contributed by atoms with Crippen molar-refractivity contribution in [3.05, 3.63) is 0 Å². The molecule has 0 aliphatic heterocycles. The molecule has 0 fully saturated rings. The lowest BCUT2D eigenvalue weighted by Crippen LogP contribution is -2.43. The number of carbonyl (C=O) groups is 3. The highest BCUT2D eigenvalue weighted by Crippen LogP contribution is 2.33. The first kappa shape index (κ1) is 19.2.